The molecule has 0 saturated heterocycles. The van der Waals surface area contributed by atoms with E-state index in [9.17, 15) is 4.79 Å². The van der Waals surface area contributed by atoms with Gasteiger partial charge in [-0.1, -0.05) is 30.3 Å². The zero-order valence-corrected chi connectivity index (χ0v) is 12.8. The average Bonchev–Trinajstić information content (AvgIpc) is 2.67. The minimum absolute atomic E-state index is 0.0186. The van der Waals surface area contributed by atoms with Crippen LogP contribution in [0.4, 0.5) is 5.69 Å². The van der Waals surface area contributed by atoms with Crippen molar-refractivity contribution in [1.29, 1.82) is 0 Å². The zero-order chi connectivity index (χ0) is 14.5. The Labute approximate surface area is 123 Å². The van der Waals surface area contributed by atoms with Crippen molar-refractivity contribution < 1.29 is 4.79 Å². The molecule has 1 N–H and O–H groups in total. The van der Waals surface area contributed by atoms with Crippen molar-refractivity contribution >= 4 is 23.4 Å². The van der Waals surface area contributed by atoms with E-state index in [2.05, 4.69) is 22.5 Å². The van der Waals surface area contributed by atoms with Crippen LogP contribution in [-0.2, 0) is 17.6 Å². The van der Waals surface area contributed by atoms with E-state index in [4.69, 9.17) is 0 Å². The van der Waals surface area contributed by atoms with Gasteiger partial charge in [0.25, 0.3) is 0 Å². The van der Waals surface area contributed by atoms with E-state index in [-0.39, 0.29) is 5.91 Å². The predicted octanol–water partition coefficient (Wildman–Crippen LogP) is 2.91. The smallest absolute Gasteiger partial charge is 0.234 e. The second-order valence-corrected chi connectivity index (χ2v) is 5.68. The van der Waals surface area contributed by atoms with Crippen molar-refractivity contribution in [2.45, 2.75) is 19.6 Å². The summed E-state index contributed by atoms with van der Waals surface area (Å²) in [7, 11) is 1.88. The Kier molecular flexibility index (Phi) is 4.84. The molecule has 1 amide bonds. The third kappa shape index (κ3) is 3.63. The fourth-order valence-corrected chi connectivity index (χ4v) is 2.75. The highest BCUT2D eigenvalue weighted by Crippen LogP contribution is 2.19. The molecule has 1 heterocycles. The number of amides is 1. The van der Waals surface area contributed by atoms with Crippen molar-refractivity contribution in [3.63, 3.8) is 0 Å². The summed E-state index contributed by atoms with van der Waals surface area (Å²) >= 11 is 1.61. The van der Waals surface area contributed by atoms with Gasteiger partial charge in [0, 0.05) is 12.8 Å². The molecular formula is C15H19N3OS. The summed E-state index contributed by atoms with van der Waals surface area (Å²) < 4.78 is 1.78. The van der Waals surface area contributed by atoms with Gasteiger partial charge in [-0.2, -0.15) is 5.10 Å². The van der Waals surface area contributed by atoms with Crippen LogP contribution in [0.25, 0.3) is 0 Å². The molecule has 2 rings (SSSR count). The van der Waals surface area contributed by atoms with Crippen LogP contribution in [0.2, 0.25) is 0 Å². The molecule has 0 unspecified atom stereocenters. The van der Waals surface area contributed by atoms with Crippen LogP contribution >= 0.6 is 11.8 Å². The van der Waals surface area contributed by atoms with Crippen LogP contribution in [0.5, 0.6) is 0 Å². The molecule has 0 aliphatic heterocycles. The molecule has 20 heavy (non-hydrogen) atoms. The Balaban J connectivity index is 1.84. The van der Waals surface area contributed by atoms with Gasteiger partial charge in [0.05, 0.1) is 22.8 Å². The largest absolute Gasteiger partial charge is 0.322 e. The minimum atomic E-state index is 0.0186. The average molecular weight is 289 g/mol. The van der Waals surface area contributed by atoms with Gasteiger partial charge in [0.1, 0.15) is 0 Å². The maximum Gasteiger partial charge on any atom is 0.234 e. The SMILES string of the molecule is Cc1nn(C)c(C)c1NC(=O)CSCc1ccccc1. The number of nitrogens with zero attached hydrogens (tertiary/aromatic N) is 2. The molecule has 0 saturated carbocycles. The number of aromatic nitrogens is 2. The molecular weight excluding hydrogens is 270 g/mol. The molecule has 1 aromatic heterocycles. The van der Waals surface area contributed by atoms with E-state index in [0.29, 0.717) is 5.75 Å². The maximum absolute atomic E-state index is 11.9. The summed E-state index contributed by atoms with van der Waals surface area (Å²) in [6, 6.07) is 10.2. The van der Waals surface area contributed by atoms with Gasteiger partial charge in [-0.3, -0.25) is 9.48 Å². The van der Waals surface area contributed by atoms with Crippen LogP contribution in [0.1, 0.15) is 17.0 Å². The molecule has 4 nitrogen and oxygen atoms in total. The molecule has 0 atom stereocenters. The van der Waals surface area contributed by atoms with Gasteiger partial charge in [-0.25, -0.2) is 0 Å². The summed E-state index contributed by atoms with van der Waals surface area (Å²) in [6.07, 6.45) is 0. The number of hydrogen-bond donors (Lipinski definition) is 1. The first-order chi connectivity index (χ1) is 9.58. The lowest BCUT2D eigenvalue weighted by atomic mass is 10.2. The Bertz CT molecular complexity index is 593. The Hall–Kier alpha value is -1.75. The van der Waals surface area contributed by atoms with E-state index in [1.165, 1.54) is 5.56 Å². The van der Waals surface area contributed by atoms with Gasteiger partial charge in [-0.15, -0.1) is 11.8 Å². The second-order valence-electron chi connectivity index (χ2n) is 4.70. The molecule has 106 valence electrons. The molecule has 0 bridgehead atoms. The van der Waals surface area contributed by atoms with Crippen LogP contribution in [0.3, 0.4) is 0 Å². The van der Waals surface area contributed by atoms with E-state index in [0.717, 1.165) is 22.8 Å². The third-order valence-electron chi connectivity index (χ3n) is 3.12. The van der Waals surface area contributed by atoms with Gasteiger partial charge >= 0.3 is 0 Å². The van der Waals surface area contributed by atoms with Crippen molar-refractivity contribution in [2.24, 2.45) is 7.05 Å². The van der Waals surface area contributed by atoms with Gasteiger partial charge in [-0.05, 0) is 19.4 Å². The highest BCUT2D eigenvalue weighted by Gasteiger charge is 2.12. The number of nitrogens with one attached hydrogen (secondary N) is 1. The van der Waals surface area contributed by atoms with Crippen LogP contribution in [0.15, 0.2) is 30.3 Å². The van der Waals surface area contributed by atoms with Crippen molar-refractivity contribution in [2.75, 3.05) is 11.1 Å². The Morgan fingerprint density at radius 2 is 2.00 bits per heavy atom. The number of thioether (sulfide) groups is 1. The molecule has 2 aromatic rings. The van der Waals surface area contributed by atoms with Crippen LogP contribution in [-0.4, -0.2) is 21.4 Å². The van der Waals surface area contributed by atoms with E-state index < -0.39 is 0 Å². The highest BCUT2D eigenvalue weighted by atomic mass is 32.2. The molecule has 1 aromatic carbocycles. The number of rotatable bonds is 5. The van der Waals surface area contributed by atoms with Crippen LogP contribution in [0, 0.1) is 13.8 Å². The molecule has 0 aliphatic carbocycles. The number of hydrogen-bond acceptors (Lipinski definition) is 3. The van der Waals surface area contributed by atoms with E-state index >= 15 is 0 Å². The first-order valence-electron chi connectivity index (χ1n) is 6.49. The topological polar surface area (TPSA) is 46.9 Å². The van der Waals surface area contributed by atoms with Crippen molar-refractivity contribution in [3.8, 4) is 0 Å². The maximum atomic E-state index is 11.9. The molecule has 5 heteroatoms. The standard InChI is InChI=1S/C15H19N3OS/c1-11-15(12(2)18(3)17-11)16-14(19)10-20-9-13-7-5-4-6-8-13/h4-8H,9-10H2,1-3H3,(H,16,19). The summed E-state index contributed by atoms with van der Waals surface area (Å²) in [5.74, 6) is 1.31. The van der Waals surface area contributed by atoms with E-state index in [1.807, 2.05) is 39.1 Å². The predicted molar refractivity (Wildman–Crippen MR) is 83.9 cm³/mol. The second kappa shape index (κ2) is 6.61. The summed E-state index contributed by atoms with van der Waals surface area (Å²) in [5.41, 5.74) is 3.90. The Morgan fingerprint density at radius 3 is 2.60 bits per heavy atom. The van der Waals surface area contributed by atoms with Crippen molar-refractivity contribution in [1.82, 2.24) is 9.78 Å². The van der Waals surface area contributed by atoms with Gasteiger partial charge in [0.2, 0.25) is 5.91 Å². The number of anilines is 1. The molecule has 0 radical (unpaired) electrons. The van der Waals surface area contributed by atoms with Gasteiger partial charge in [0.15, 0.2) is 0 Å². The Morgan fingerprint density at radius 1 is 1.30 bits per heavy atom. The van der Waals surface area contributed by atoms with Crippen LogP contribution < -0.4 is 5.32 Å². The molecule has 0 aliphatic rings. The number of carbonyl (C=O) groups excluding carboxylic acids is 1. The fourth-order valence-electron chi connectivity index (χ4n) is 1.97. The summed E-state index contributed by atoms with van der Waals surface area (Å²) in [5, 5.41) is 7.23. The number of benzene rings is 1. The molecule has 0 spiro atoms. The summed E-state index contributed by atoms with van der Waals surface area (Å²) in [4.78, 5) is 11.9. The third-order valence-corrected chi connectivity index (χ3v) is 4.12. The lowest BCUT2D eigenvalue weighted by Gasteiger charge is -2.05. The quantitative estimate of drug-likeness (QED) is 0.920. The summed E-state index contributed by atoms with van der Waals surface area (Å²) in [6.45, 7) is 3.85. The molecule has 0 fully saturated rings. The fraction of sp³-hybridized carbons (Fsp3) is 0.333. The minimum Gasteiger partial charge on any atom is -0.322 e. The normalized spacial score (nSPS) is 10.6. The van der Waals surface area contributed by atoms with Gasteiger partial charge < -0.3 is 5.32 Å². The van der Waals surface area contributed by atoms with E-state index in [1.54, 1.807) is 16.4 Å². The monoisotopic (exact) mass is 289 g/mol. The zero-order valence-electron chi connectivity index (χ0n) is 12.0. The number of aryl methyl sites for hydroxylation is 2. The number of carbonyl (C=O) groups is 1. The van der Waals surface area contributed by atoms with Crippen molar-refractivity contribution in [3.05, 3.63) is 47.3 Å². The highest BCUT2D eigenvalue weighted by molar-refractivity contribution is 7.99. The first-order valence-corrected chi connectivity index (χ1v) is 7.65. The lowest BCUT2D eigenvalue weighted by molar-refractivity contribution is -0.113. The first kappa shape index (κ1) is 14.7. The lowest BCUT2D eigenvalue weighted by Crippen LogP contribution is -2.15.